The zero-order valence-corrected chi connectivity index (χ0v) is 26.1. The second-order valence-electron chi connectivity index (χ2n) is 11.8. The van der Waals surface area contributed by atoms with Gasteiger partial charge in [-0.05, 0) is 69.2 Å². The summed E-state index contributed by atoms with van der Waals surface area (Å²) in [6.45, 7) is 5.66. The summed E-state index contributed by atoms with van der Waals surface area (Å²) in [5.41, 5.74) is 5.21. The minimum Gasteiger partial charge on any atom is -0.478 e. The van der Waals surface area contributed by atoms with Gasteiger partial charge in [-0.1, -0.05) is 0 Å². The molecule has 0 spiro atoms. The number of nitrogens with zero attached hydrogens (tertiary/aromatic N) is 2. The van der Waals surface area contributed by atoms with E-state index >= 15 is 0 Å². The van der Waals surface area contributed by atoms with Gasteiger partial charge in [0.2, 0.25) is 5.36 Å². The lowest BCUT2D eigenvalue weighted by Crippen LogP contribution is -2.33. The van der Waals surface area contributed by atoms with Gasteiger partial charge in [0.05, 0.1) is 18.2 Å². The van der Waals surface area contributed by atoms with E-state index in [4.69, 9.17) is 14.0 Å². The van der Waals surface area contributed by atoms with Crippen molar-refractivity contribution < 1.29 is 33.5 Å². The summed E-state index contributed by atoms with van der Waals surface area (Å²) in [7, 11) is 7.73. The largest absolute Gasteiger partial charge is 0.478 e. The number of ether oxygens (including phenoxy) is 1. The van der Waals surface area contributed by atoms with Gasteiger partial charge in [-0.15, -0.1) is 0 Å². The molecule has 0 atom stereocenters. The molecule has 1 aliphatic carbocycles. The van der Waals surface area contributed by atoms with E-state index in [1.807, 2.05) is 74.1 Å². The summed E-state index contributed by atoms with van der Waals surface area (Å²) < 4.78 is 13.4. The lowest BCUT2D eigenvalue weighted by atomic mass is 9.89. The molecule has 3 N–H and O–H groups in total. The summed E-state index contributed by atoms with van der Waals surface area (Å²) >= 11 is 0. The lowest BCUT2D eigenvalue weighted by molar-refractivity contribution is -0.00816. The highest BCUT2D eigenvalue weighted by Crippen LogP contribution is 2.42. The van der Waals surface area contributed by atoms with Gasteiger partial charge in [-0.2, -0.15) is 5.48 Å². The molecule has 44 heavy (non-hydrogen) atoms. The van der Waals surface area contributed by atoms with Crippen molar-refractivity contribution in [1.82, 2.24) is 15.4 Å². The van der Waals surface area contributed by atoms with E-state index in [0.717, 1.165) is 22.0 Å². The van der Waals surface area contributed by atoms with Crippen molar-refractivity contribution >= 4 is 34.6 Å². The fourth-order valence-corrected chi connectivity index (χ4v) is 4.65. The maximum Gasteiger partial charge on any atom is 0.431 e. The quantitative estimate of drug-likeness (QED) is 0.110. The summed E-state index contributed by atoms with van der Waals surface area (Å²) in [5, 5.41) is 14.6. The van der Waals surface area contributed by atoms with Gasteiger partial charge in [0.15, 0.2) is 0 Å². The fourth-order valence-electron chi connectivity index (χ4n) is 4.65. The summed E-state index contributed by atoms with van der Waals surface area (Å²) in [4.78, 5) is 44.4. The van der Waals surface area contributed by atoms with Crippen molar-refractivity contribution in [3.8, 4) is 22.5 Å². The molecule has 11 heteroatoms. The maximum absolute atomic E-state index is 13.2. The van der Waals surface area contributed by atoms with Crippen molar-refractivity contribution in [2.75, 3.05) is 46.2 Å². The molecule has 0 radical (unpaired) electrons. The second kappa shape index (κ2) is 13.2. The van der Waals surface area contributed by atoms with Gasteiger partial charge in [0.1, 0.15) is 31.0 Å². The number of carboxylic acids is 1. The van der Waals surface area contributed by atoms with Gasteiger partial charge in [-0.3, -0.25) is 9.63 Å². The molecule has 0 unspecified atom stereocenters. The average Bonchev–Trinajstić information content (AvgIpc) is 2.95. The normalized spacial score (nSPS) is 11.3. The van der Waals surface area contributed by atoms with Crippen LogP contribution >= 0.6 is 0 Å². The number of carbonyl (C=O) groups excluding carboxylic acids is 2. The van der Waals surface area contributed by atoms with Crippen LogP contribution in [-0.4, -0.2) is 70.0 Å². The molecule has 0 saturated heterocycles. The molecule has 2 aromatic rings. The van der Waals surface area contributed by atoms with Gasteiger partial charge in [-0.25, -0.2) is 14.2 Å². The van der Waals surface area contributed by atoms with Crippen LogP contribution in [0.5, 0.6) is 0 Å². The Morgan fingerprint density at radius 3 is 2.39 bits per heavy atom. The number of hydrogen-bond donors (Lipinski definition) is 3. The number of aromatic carboxylic acids is 1. The number of carboxylic acid groups (broad SMARTS) is 1. The minimum absolute atomic E-state index is 0.0605. The van der Waals surface area contributed by atoms with Crippen molar-refractivity contribution in [2.45, 2.75) is 32.8 Å². The van der Waals surface area contributed by atoms with E-state index in [1.54, 1.807) is 26.8 Å². The van der Waals surface area contributed by atoms with E-state index in [0.29, 0.717) is 34.5 Å². The predicted octanol–water partition coefficient (Wildman–Crippen LogP) is 4.58. The van der Waals surface area contributed by atoms with Crippen molar-refractivity contribution in [2.24, 2.45) is 0 Å². The highest BCUT2D eigenvalue weighted by Gasteiger charge is 2.24. The number of fused-ring (bicyclic) bond motifs is 2. The van der Waals surface area contributed by atoms with Crippen LogP contribution in [0.4, 0.5) is 10.5 Å². The first kappa shape index (κ1) is 32.0. The van der Waals surface area contributed by atoms with Crippen molar-refractivity contribution in [1.29, 1.82) is 0 Å². The van der Waals surface area contributed by atoms with E-state index < -0.39 is 17.7 Å². The Kier molecular flexibility index (Phi) is 9.59. The Morgan fingerprint density at radius 1 is 0.977 bits per heavy atom. The summed E-state index contributed by atoms with van der Waals surface area (Å²) in [6, 6.07) is 16.1. The first-order valence-electron chi connectivity index (χ1n) is 14.2. The van der Waals surface area contributed by atoms with Gasteiger partial charge in [0, 0.05) is 60.5 Å². The molecule has 2 aromatic carbocycles. The van der Waals surface area contributed by atoms with Crippen LogP contribution in [-0.2, 0) is 9.57 Å². The van der Waals surface area contributed by atoms with Gasteiger partial charge < -0.3 is 24.5 Å². The molecule has 0 bridgehead atoms. The Morgan fingerprint density at radius 2 is 1.73 bits per heavy atom. The number of amides is 2. The fraction of sp³-hybridized carbons (Fsp3) is 0.333. The average molecular weight is 604 g/mol. The van der Waals surface area contributed by atoms with Crippen LogP contribution in [0.15, 0.2) is 59.0 Å². The molecule has 11 nitrogen and oxygen atoms in total. The van der Waals surface area contributed by atoms with Crippen LogP contribution in [0.1, 0.15) is 47.9 Å². The van der Waals surface area contributed by atoms with Crippen LogP contribution in [0.2, 0.25) is 0 Å². The number of hydroxylamine groups is 1. The summed E-state index contributed by atoms with van der Waals surface area (Å²) in [5.74, 6) is -0.901. The molecule has 4 rings (SSSR count). The third-order valence-corrected chi connectivity index (χ3v) is 6.77. The van der Waals surface area contributed by atoms with Gasteiger partial charge in [0.25, 0.3) is 5.91 Å². The van der Waals surface area contributed by atoms with E-state index in [-0.39, 0.29) is 24.6 Å². The van der Waals surface area contributed by atoms with Crippen LogP contribution in [0, 0.1) is 0 Å². The number of anilines is 1. The minimum atomic E-state index is -1.11. The number of benzene rings is 3. The Balaban J connectivity index is 1.67. The van der Waals surface area contributed by atoms with Crippen molar-refractivity contribution in [3.05, 3.63) is 71.1 Å². The van der Waals surface area contributed by atoms with E-state index in [2.05, 4.69) is 10.8 Å². The number of rotatable bonds is 9. The Hall–Kier alpha value is -4.90. The number of hydrogen-bond acceptors (Lipinski definition) is 7. The highest BCUT2D eigenvalue weighted by atomic mass is 16.7. The molecule has 2 amide bonds. The molecule has 1 aliphatic heterocycles. The Bertz CT molecular complexity index is 1750. The SMILES string of the molecule is CN(C)c1ccc2c(-c3cc(C(=O)NCCCONC(=O)OC(C)(C)C)ccc3C(=O)O)c3ccc(=[N+](C)C)cc-3oc2c1. The topological polar surface area (TPSA) is 133 Å². The first-order chi connectivity index (χ1) is 20.7. The van der Waals surface area contributed by atoms with Crippen LogP contribution < -0.4 is 25.6 Å². The monoisotopic (exact) mass is 603 g/mol. The molecular formula is C33H39N4O7+. The third kappa shape index (κ3) is 7.54. The third-order valence-electron chi connectivity index (χ3n) is 6.77. The van der Waals surface area contributed by atoms with E-state index in [9.17, 15) is 19.5 Å². The molecule has 0 fully saturated rings. The summed E-state index contributed by atoms with van der Waals surface area (Å²) in [6.07, 6.45) is -0.281. The predicted molar refractivity (Wildman–Crippen MR) is 169 cm³/mol. The first-order valence-corrected chi connectivity index (χ1v) is 14.2. The smallest absolute Gasteiger partial charge is 0.431 e. The zero-order chi connectivity index (χ0) is 32.2. The highest BCUT2D eigenvalue weighted by molar-refractivity contribution is 6.09. The molecule has 232 valence electrons. The number of nitrogens with one attached hydrogen (secondary N) is 2. The second-order valence-corrected chi connectivity index (χ2v) is 11.8. The molecule has 0 aromatic heterocycles. The molecule has 1 heterocycles. The van der Waals surface area contributed by atoms with E-state index in [1.165, 1.54) is 12.1 Å². The number of carbonyl (C=O) groups is 3. The van der Waals surface area contributed by atoms with Crippen LogP contribution in [0.3, 0.4) is 0 Å². The molecule has 2 aliphatic rings. The standard InChI is InChI=1S/C33H38N4O7/c1-33(2,3)44-32(41)35-42-16-8-15-34-30(38)20-9-12-23(31(39)40)26(17-20)29-24-13-10-21(36(4)5)18-27(24)43-28-19-22(37(6)7)11-14-25(28)29/h9-14,17-19H,8,15-16H2,1-7H3,(H2-,34,35,38,39,40,41)/p+1. The van der Waals surface area contributed by atoms with Crippen LogP contribution in [0.25, 0.3) is 33.4 Å². The molecule has 0 saturated carbocycles. The van der Waals surface area contributed by atoms with Crippen molar-refractivity contribution in [3.63, 3.8) is 0 Å². The molecular weight excluding hydrogens is 564 g/mol. The maximum atomic E-state index is 13.2. The lowest BCUT2D eigenvalue weighted by Gasteiger charge is -2.19. The zero-order valence-electron chi connectivity index (χ0n) is 26.1. The Labute approximate surface area is 256 Å². The van der Waals surface area contributed by atoms with Gasteiger partial charge >= 0.3 is 12.1 Å².